The first-order valence-corrected chi connectivity index (χ1v) is 14.9. The second-order valence-electron chi connectivity index (χ2n) is 8.99. The number of hydrogen-bond donors (Lipinski definition) is 1. The van der Waals surface area contributed by atoms with Gasteiger partial charge in [0.25, 0.3) is 10.0 Å². The summed E-state index contributed by atoms with van der Waals surface area (Å²) in [6, 6.07) is 21.0. The zero-order chi connectivity index (χ0) is 28.4. The minimum absolute atomic E-state index is 0.0533. The van der Waals surface area contributed by atoms with E-state index >= 15 is 0 Å². The minimum Gasteiger partial charge on any atom is -0.497 e. The van der Waals surface area contributed by atoms with E-state index in [-0.39, 0.29) is 17.3 Å². The summed E-state index contributed by atoms with van der Waals surface area (Å²) in [5.41, 5.74) is 1.10. The standard InChI is InChI=1S/C29H34BrN3O5S/c1-4-5-18-31-29(35)22(2)32(20-23-10-9-11-24(30)19-23)28(34)21-33(25-14-16-26(38-3)17-15-25)39(36,37)27-12-7-6-8-13-27/h6-17,19,22H,4-5,18,20-21H2,1-3H3,(H,31,35)/t22-/m0/s1. The molecule has 0 spiro atoms. The van der Waals surface area contributed by atoms with Crippen LogP contribution in [0.1, 0.15) is 32.3 Å². The van der Waals surface area contributed by atoms with E-state index in [1.54, 1.807) is 49.4 Å². The number of hydrogen-bond acceptors (Lipinski definition) is 5. The van der Waals surface area contributed by atoms with Crippen LogP contribution in [0.5, 0.6) is 5.75 Å². The maximum Gasteiger partial charge on any atom is 0.264 e. The molecule has 3 aromatic carbocycles. The third-order valence-electron chi connectivity index (χ3n) is 6.21. The second-order valence-corrected chi connectivity index (χ2v) is 11.8. The quantitative estimate of drug-likeness (QED) is 0.273. The van der Waals surface area contributed by atoms with Crippen LogP contribution in [0.3, 0.4) is 0 Å². The topological polar surface area (TPSA) is 96.0 Å². The SMILES string of the molecule is CCCCNC(=O)[C@H](C)N(Cc1cccc(Br)c1)C(=O)CN(c1ccc(OC)cc1)S(=O)(=O)c1ccccc1. The summed E-state index contributed by atoms with van der Waals surface area (Å²) in [5.74, 6) is -0.257. The lowest BCUT2D eigenvalue weighted by Crippen LogP contribution is -2.51. The Morgan fingerprint density at radius 3 is 2.31 bits per heavy atom. The Morgan fingerprint density at radius 1 is 1.00 bits per heavy atom. The molecule has 0 fully saturated rings. The number of amides is 2. The number of nitrogens with zero attached hydrogens (tertiary/aromatic N) is 2. The van der Waals surface area contributed by atoms with Gasteiger partial charge in [0.2, 0.25) is 11.8 Å². The first-order valence-electron chi connectivity index (χ1n) is 12.7. The molecule has 0 saturated heterocycles. The van der Waals surface area contributed by atoms with Crippen LogP contribution in [0.2, 0.25) is 0 Å². The normalized spacial score (nSPS) is 11.9. The Morgan fingerprint density at radius 2 is 1.69 bits per heavy atom. The van der Waals surface area contributed by atoms with Crippen LogP contribution >= 0.6 is 15.9 Å². The highest BCUT2D eigenvalue weighted by atomic mass is 79.9. The van der Waals surface area contributed by atoms with Crippen molar-refractivity contribution >= 4 is 43.5 Å². The fraction of sp³-hybridized carbons (Fsp3) is 0.310. The van der Waals surface area contributed by atoms with Gasteiger partial charge in [0.05, 0.1) is 17.7 Å². The van der Waals surface area contributed by atoms with Gasteiger partial charge in [0, 0.05) is 17.6 Å². The molecule has 3 aromatic rings. The largest absolute Gasteiger partial charge is 0.497 e. The van der Waals surface area contributed by atoms with Gasteiger partial charge >= 0.3 is 0 Å². The molecule has 0 unspecified atom stereocenters. The summed E-state index contributed by atoms with van der Waals surface area (Å²) in [6.45, 7) is 3.81. The number of anilines is 1. The molecule has 2 amide bonds. The van der Waals surface area contributed by atoms with Crippen LogP contribution in [0.25, 0.3) is 0 Å². The third kappa shape index (κ3) is 8.06. The van der Waals surface area contributed by atoms with Crippen molar-refractivity contribution in [2.75, 3.05) is 24.5 Å². The van der Waals surface area contributed by atoms with E-state index in [1.807, 2.05) is 31.2 Å². The lowest BCUT2D eigenvalue weighted by Gasteiger charge is -2.32. The van der Waals surface area contributed by atoms with E-state index in [9.17, 15) is 18.0 Å². The fourth-order valence-electron chi connectivity index (χ4n) is 3.95. The van der Waals surface area contributed by atoms with Crippen molar-refractivity contribution in [1.82, 2.24) is 10.2 Å². The summed E-state index contributed by atoms with van der Waals surface area (Å²) in [7, 11) is -2.59. The van der Waals surface area contributed by atoms with Crippen molar-refractivity contribution in [2.45, 2.75) is 44.2 Å². The molecular weight excluding hydrogens is 582 g/mol. The van der Waals surface area contributed by atoms with Gasteiger partial charge in [0.1, 0.15) is 18.3 Å². The van der Waals surface area contributed by atoms with Gasteiger partial charge in [-0.25, -0.2) is 8.42 Å². The smallest absolute Gasteiger partial charge is 0.264 e. The van der Waals surface area contributed by atoms with Gasteiger partial charge in [-0.3, -0.25) is 13.9 Å². The van der Waals surface area contributed by atoms with Crippen LogP contribution in [0.4, 0.5) is 5.69 Å². The summed E-state index contributed by atoms with van der Waals surface area (Å²) >= 11 is 3.45. The number of carbonyl (C=O) groups excluding carboxylic acids is 2. The molecule has 1 atom stereocenters. The Kier molecular flexibility index (Phi) is 10.9. The average Bonchev–Trinajstić information content (AvgIpc) is 2.94. The molecule has 208 valence electrons. The van der Waals surface area contributed by atoms with E-state index in [4.69, 9.17) is 4.74 Å². The lowest BCUT2D eigenvalue weighted by molar-refractivity contribution is -0.139. The molecule has 0 aliphatic carbocycles. The number of sulfonamides is 1. The van der Waals surface area contributed by atoms with E-state index in [0.717, 1.165) is 27.2 Å². The highest BCUT2D eigenvalue weighted by Gasteiger charge is 2.32. The van der Waals surface area contributed by atoms with Gasteiger partial charge in [-0.05, 0) is 67.4 Å². The van der Waals surface area contributed by atoms with Crippen LogP contribution in [-0.4, -0.2) is 51.4 Å². The van der Waals surface area contributed by atoms with E-state index in [2.05, 4.69) is 21.2 Å². The van der Waals surface area contributed by atoms with E-state index in [0.29, 0.717) is 18.0 Å². The van der Waals surface area contributed by atoms with Crippen LogP contribution in [-0.2, 0) is 26.2 Å². The number of ether oxygens (including phenoxy) is 1. The zero-order valence-corrected chi connectivity index (χ0v) is 24.7. The number of methoxy groups -OCH3 is 1. The predicted octanol–water partition coefficient (Wildman–Crippen LogP) is 4.99. The highest BCUT2D eigenvalue weighted by Crippen LogP contribution is 2.26. The molecule has 0 aliphatic heterocycles. The molecule has 8 nitrogen and oxygen atoms in total. The molecule has 0 bridgehead atoms. The molecule has 0 aromatic heterocycles. The molecule has 1 N–H and O–H groups in total. The van der Waals surface area contributed by atoms with E-state index in [1.165, 1.54) is 24.1 Å². The zero-order valence-electron chi connectivity index (χ0n) is 22.3. The van der Waals surface area contributed by atoms with Crippen molar-refractivity contribution in [1.29, 1.82) is 0 Å². The summed E-state index contributed by atoms with van der Waals surface area (Å²) < 4.78 is 34.7. The second kappa shape index (κ2) is 14.1. The number of halogens is 1. The molecule has 0 aliphatic rings. The summed E-state index contributed by atoms with van der Waals surface area (Å²) in [6.07, 6.45) is 1.74. The van der Waals surface area contributed by atoms with Gasteiger partial charge in [-0.1, -0.05) is 59.6 Å². The van der Waals surface area contributed by atoms with Gasteiger partial charge in [-0.15, -0.1) is 0 Å². The Bertz CT molecular complexity index is 1350. The molecular formula is C29H34BrN3O5S. The maximum atomic E-state index is 13.9. The average molecular weight is 617 g/mol. The van der Waals surface area contributed by atoms with Gasteiger partial charge < -0.3 is 15.0 Å². The first-order chi connectivity index (χ1) is 18.7. The highest BCUT2D eigenvalue weighted by molar-refractivity contribution is 9.10. The number of rotatable bonds is 13. The van der Waals surface area contributed by atoms with Crippen molar-refractivity contribution in [3.05, 3.63) is 88.9 Å². The number of nitrogens with one attached hydrogen (secondary N) is 1. The lowest BCUT2D eigenvalue weighted by atomic mass is 10.1. The van der Waals surface area contributed by atoms with Crippen molar-refractivity contribution < 1.29 is 22.7 Å². The molecule has 0 radical (unpaired) electrons. The number of unbranched alkanes of at least 4 members (excludes halogenated alkanes) is 1. The molecule has 10 heteroatoms. The molecule has 3 rings (SSSR count). The minimum atomic E-state index is -4.11. The maximum absolute atomic E-state index is 13.9. The Hall–Kier alpha value is -3.37. The fourth-order valence-corrected chi connectivity index (χ4v) is 5.83. The molecule has 0 saturated carbocycles. The Balaban J connectivity index is 1.99. The van der Waals surface area contributed by atoms with Crippen molar-refractivity contribution in [2.24, 2.45) is 0 Å². The predicted molar refractivity (Wildman–Crippen MR) is 156 cm³/mol. The first kappa shape index (κ1) is 30.2. The van der Waals surface area contributed by atoms with Crippen LogP contribution in [0.15, 0.2) is 88.2 Å². The molecule has 39 heavy (non-hydrogen) atoms. The van der Waals surface area contributed by atoms with Crippen molar-refractivity contribution in [3.63, 3.8) is 0 Å². The number of benzene rings is 3. The molecule has 0 heterocycles. The van der Waals surface area contributed by atoms with E-state index < -0.39 is 28.5 Å². The van der Waals surface area contributed by atoms with Crippen LogP contribution < -0.4 is 14.4 Å². The summed E-state index contributed by atoms with van der Waals surface area (Å²) in [4.78, 5) is 28.4. The van der Waals surface area contributed by atoms with Gasteiger partial charge in [-0.2, -0.15) is 0 Å². The van der Waals surface area contributed by atoms with Crippen LogP contribution in [0, 0.1) is 0 Å². The van der Waals surface area contributed by atoms with Crippen molar-refractivity contribution in [3.8, 4) is 5.75 Å². The Labute approximate surface area is 239 Å². The summed E-state index contributed by atoms with van der Waals surface area (Å²) in [5, 5.41) is 2.88. The van der Waals surface area contributed by atoms with Gasteiger partial charge in [0.15, 0.2) is 0 Å². The third-order valence-corrected chi connectivity index (χ3v) is 8.49. The number of carbonyl (C=O) groups is 2. The monoisotopic (exact) mass is 615 g/mol.